The quantitative estimate of drug-likeness (QED) is 0.552. The first kappa shape index (κ1) is 20.4. The summed E-state index contributed by atoms with van der Waals surface area (Å²) in [5, 5.41) is 6.24. The van der Waals surface area contributed by atoms with Gasteiger partial charge in [0.25, 0.3) is 11.8 Å². The highest BCUT2D eigenvalue weighted by molar-refractivity contribution is 6.30. The molecule has 0 radical (unpaired) electrons. The van der Waals surface area contributed by atoms with E-state index in [1.54, 1.807) is 54.6 Å². The lowest BCUT2D eigenvalue weighted by atomic mass is 10.2. The molecule has 0 saturated carbocycles. The van der Waals surface area contributed by atoms with Gasteiger partial charge < -0.3 is 15.4 Å². The number of nitrogens with one attached hydrogen (secondary N) is 2. The first-order valence-corrected chi connectivity index (χ1v) is 9.59. The number of ether oxygens (including phenoxy) is 1. The molecule has 3 aromatic rings. The molecule has 0 aromatic heterocycles. The number of benzene rings is 3. The zero-order valence-electron chi connectivity index (χ0n) is 15.7. The van der Waals surface area contributed by atoms with Crippen LogP contribution < -0.4 is 15.4 Å². The minimum Gasteiger partial charge on any atom is -0.488 e. The van der Waals surface area contributed by atoms with E-state index in [0.717, 1.165) is 5.56 Å². The van der Waals surface area contributed by atoms with Gasteiger partial charge in [-0.05, 0) is 42.0 Å². The lowest BCUT2D eigenvalue weighted by Gasteiger charge is -2.12. The summed E-state index contributed by atoms with van der Waals surface area (Å²) >= 11 is 5.89. The Morgan fingerprint density at radius 2 is 1.38 bits per heavy atom. The number of amides is 2. The average Bonchev–Trinajstić information content (AvgIpc) is 2.77. The van der Waals surface area contributed by atoms with E-state index in [4.69, 9.17) is 16.3 Å². The SMILES string of the molecule is O=C(NCCNC(=O)c1ccccc1OCc1ccc(Cl)cc1)c1ccccc1. The molecule has 0 fully saturated rings. The highest BCUT2D eigenvalue weighted by Gasteiger charge is 2.12. The van der Waals surface area contributed by atoms with Crippen molar-refractivity contribution in [3.05, 3.63) is 101 Å². The van der Waals surface area contributed by atoms with E-state index in [-0.39, 0.29) is 11.8 Å². The number of carbonyl (C=O) groups excluding carboxylic acids is 2. The van der Waals surface area contributed by atoms with Crippen molar-refractivity contribution in [2.75, 3.05) is 13.1 Å². The van der Waals surface area contributed by atoms with Crippen LogP contribution in [-0.4, -0.2) is 24.9 Å². The van der Waals surface area contributed by atoms with Crippen LogP contribution in [0.3, 0.4) is 0 Å². The lowest BCUT2D eigenvalue weighted by Crippen LogP contribution is -2.34. The van der Waals surface area contributed by atoms with E-state index < -0.39 is 0 Å². The van der Waals surface area contributed by atoms with Crippen LogP contribution >= 0.6 is 11.6 Å². The van der Waals surface area contributed by atoms with Crippen molar-refractivity contribution in [1.82, 2.24) is 10.6 Å². The van der Waals surface area contributed by atoms with Gasteiger partial charge in [0.2, 0.25) is 0 Å². The Balaban J connectivity index is 1.50. The van der Waals surface area contributed by atoms with Crippen molar-refractivity contribution in [2.45, 2.75) is 6.61 Å². The summed E-state index contributed by atoms with van der Waals surface area (Å²) in [6.45, 7) is 0.963. The predicted octanol–water partition coefficient (Wildman–Crippen LogP) is 4.08. The highest BCUT2D eigenvalue weighted by atomic mass is 35.5. The second-order valence-electron chi connectivity index (χ2n) is 6.29. The van der Waals surface area contributed by atoms with E-state index in [1.807, 2.05) is 24.3 Å². The summed E-state index contributed by atoms with van der Waals surface area (Å²) in [5.74, 6) is 0.0606. The fourth-order valence-corrected chi connectivity index (χ4v) is 2.79. The van der Waals surface area contributed by atoms with Crippen LogP contribution in [0, 0.1) is 0 Å². The summed E-state index contributed by atoms with van der Waals surface area (Å²) in [6, 6.07) is 23.3. The summed E-state index contributed by atoms with van der Waals surface area (Å²) in [4.78, 5) is 24.5. The molecule has 2 amide bonds. The molecular weight excluding hydrogens is 388 g/mol. The van der Waals surface area contributed by atoms with Crippen molar-refractivity contribution in [3.63, 3.8) is 0 Å². The Labute approximate surface area is 174 Å². The van der Waals surface area contributed by atoms with Gasteiger partial charge in [-0.3, -0.25) is 9.59 Å². The predicted molar refractivity (Wildman–Crippen MR) is 113 cm³/mol. The Kier molecular flexibility index (Phi) is 7.25. The summed E-state index contributed by atoms with van der Waals surface area (Å²) in [6.07, 6.45) is 0. The number of hydrogen-bond acceptors (Lipinski definition) is 3. The van der Waals surface area contributed by atoms with Gasteiger partial charge in [-0.2, -0.15) is 0 Å². The van der Waals surface area contributed by atoms with Crippen molar-refractivity contribution in [2.24, 2.45) is 0 Å². The molecule has 0 heterocycles. The molecule has 29 heavy (non-hydrogen) atoms. The summed E-state index contributed by atoms with van der Waals surface area (Å²) < 4.78 is 5.81. The number of hydrogen-bond donors (Lipinski definition) is 2. The van der Waals surface area contributed by atoms with E-state index in [9.17, 15) is 9.59 Å². The van der Waals surface area contributed by atoms with E-state index in [0.29, 0.717) is 41.6 Å². The zero-order valence-corrected chi connectivity index (χ0v) is 16.5. The second-order valence-corrected chi connectivity index (χ2v) is 6.73. The monoisotopic (exact) mass is 408 g/mol. The van der Waals surface area contributed by atoms with Gasteiger partial charge in [0, 0.05) is 23.7 Å². The molecule has 3 rings (SSSR count). The smallest absolute Gasteiger partial charge is 0.255 e. The van der Waals surface area contributed by atoms with Crippen LogP contribution in [0.5, 0.6) is 5.75 Å². The molecule has 0 aliphatic heterocycles. The maximum absolute atomic E-state index is 12.5. The largest absolute Gasteiger partial charge is 0.488 e. The van der Waals surface area contributed by atoms with Crippen molar-refractivity contribution in [3.8, 4) is 5.75 Å². The molecule has 0 unspecified atom stereocenters. The van der Waals surface area contributed by atoms with Crippen LogP contribution in [0.15, 0.2) is 78.9 Å². The van der Waals surface area contributed by atoms with Gasteiger partial charge in [0.1, 0.15) is 12.4 Å². The molecule has 5 nitrogen and oxygen atoms in total. The van der Waals surface area contributed by atoms with E-state index in [2.05, 4.69) is 10.6 Å². The molecule has 0 spiro atoms. The van der Waals surface area contributed by atoms with Gasteiger partial charge in [-0.15, -0.1) is 0 Å². The third-order valence-corrected chi connectivity index (χ3v) is 4.42. The Hall–Kier alpha value is -3.31. The molecule has 3 aromatic carbocycles. The minimum atomic E-state index is -0.259. The van der Waals surface area contributed by atoms with Gasteiger partial charge in [-0.25, -0.2) is 0 Å². The number of para-hydroxylation sites is 1. The van der Waals surface area contributed by atoms with Crippen LogP contribution in [0.2, 0.25) is 5.02 Å². The molecule has 148 valence electrons. The van der Waals surface area contributed by atoms with Crippen LogP contribution in [0.25, 0.3) is 0 Å². The number of halogens is 1. The minimum absolute atomic E-state index is 0.174. The third-order valence-electron chi connectivity index (χ3n) is 4.17. The topological polar surface area (TPSA) is 67.4 Å². The second kappa shape index (κ2) is 10.3. The first-order valence-electron chi connectivity index (χ1n) is 9.21. The molecule has 0 bridgehead atoms. The van der Waals surface area contributed by atoms with Gasteiger partial charge in [-0.1, -0.05) is 54.1 Å². The fraction of sp³-hybridized carbons (Fsp3) is 0.130. The van der Waals surface area contributed by atoms with E-state index in [1.165, 1.54) is 0 Å². The molecule has 2 N–H and O–H groups in total. The number of rotatable bonds is 8. The molecule has 0 atom stereocenters. The summed E-state index contributed by atoms with van der Waals surface area (Å²) in [5.41, 5.74) is 1.98. The van der Waals surface area contributed by atoms with Gasteiger partial charge in [0.15, 0.2) is 0 Å². The zero-order chi connectivity index (χ0) is 20.5. The fourth-order valence-electron chi connectivity index (χ4n) is 2.66. The molecular formula is C23H21ClN2O3. The van der Waals surface area contributed by atoms with Crippen LogP contribution in [-0.2, 0) is 6.61 Å². The average molecular weight is 409 g/mol. The normalized spacial score (nSPS) is 10.2. The summed E-state index contributed by atoms with van der Waals surface area (Å²) in [7, 11) is 0. The molecule has 0 saturated heterocycles. The van der Waals surface area contributed by atoms with Gasteiger partial charge >= 0.3 is 0 Å². The van der Waals surface area contributed by atoms with Crippen molar-refractivity contribution >= 4 is 23.4 Å². The van der Waals surface area contributed by atoms with Crippen molar-refractivity contribution < 1.29 is 14.3 Å². The highest BCUT2D eigenvalue weighted by Crippen LogP contribution is 2.20. The number of carbonyl (C=O) groups is 2. The lowest BCUT2D eigenvalue weighted by molar-refractivity contribution is 0.0925. The standard InChI is InChI=1S/C23H21ClN2O3/c24-19-12-10-17(11-13-19)16-29-21-9-5-4-8-20(21)23(28)26-15-14-25-22(27)18-6-2-1-3-7-18/h1-13H,14-16H2,(H,25,27)(H,26,28). The Bertz CT molecular complexity index is 959. The first-order chi connectivity index (χ1) is 14.1. The van der Waals surface area contributed by atoms with Gasteiger partial charge in [0.05, 0.1) is 5.56 Å². The van der Waals surface area contributed by atoms with E-state index >= 15 is 0 Å². The molecule has 0 aliphatic rings. The Morgan fingerprint density at radius 1 is 0.759 bits per heavy atom. The van der Waals surface area contributed by atoms with Crippen molar-refractivity contribution in [1.29, 1.82) is 0 Å². The van der Waals surface area contributed by atoms with Crippen LogP contribution in [0.4, 0.5) is 0 Å². The Morgan fingerprint density at radius 3 is 2.10 bits per heavy atom. The third kappa shape index (κ3) is 6.09. The molecule has 0 aliphatic carbocycles. The maximum Gasteiger partial charge on any atom is 0.255 e. The molecule has 6 heteroatoms. The van der Waals surface area contributed by atoms with Crippen LogP contribution in [0.1, 0.15) is 26.3 Å². The maximum atomic E-state index is 12.5.